The Morgan fingerprint density at radius 2 is 2.05 bits per heavy atom. The minimum atomic E-state index is -0.683. The van der Waals surface area contributed by atoms with E-state index in [-0.39, 0.29) is 11.7 Å². The molecule has 0 unspecified atom stereocenters. The number of nitrogens with one attached hydrogen (secondary N) is 1. The molecule has 5 nitrogen and oxygen atoms in total. The Morgan fingerprint density at radius 3 is 2.73 bits per heavy atom. The maximum Gasteiger partial charge on any atom is 0.237 e. The molecule has 1 heterocycles. The van der Waals surface area contributed by atoms with Crippen LogP contribution < -0.4 is 5.32 Å². The highest BCUT2D eigenvalue weighted by atomic mass is 32.2. The number of hydrogen-bond donors (Lipinski definition) is 1. The Bertz CT molecular complexity index is 675. The third-order valence-electron chi connectivity index (χ3n) is 2.93. The van der Waals surface area contributed by atoms with Gasteiger partial charge in [0.05, 0.1) is 10.9 Å². The van der Waals surface area contributed by atoms with E-state index in [0.717, 1.165) is 18.2 Å². The lowest BCUT2D eigenvalue weighted by Crippen LogP contribution is -2.23. The van der Waals surface area contributed by atoms with E-state index in [1.807, 2.05) is 18.4 Å². The summed E-state index contributed by atoms with van der Waals surface area (Å²) in [6.45, 7) is 5.61. The van der Waals surface area contributed by atoms with Crippen LogP contribution in [0.1, 0.15) is 26.8 Å². The van der Waals surface area contributed by atoms with Gasteiger partial charge in [-0.1, -0.05) is 11.8 Å². The highest BCUT2D eigenvalue weighted by molar-refractivity contribution is 8.00. The van der Waals surface area contributed by atoms with Crippen molar-refractivity contribution in [1.82, 2.24) is 14.8 Å². The first kappa shape index (κ1) is 16.4. The minimum Gasteiger partial charge on any atom is -0.323 e. The predicted molar refractivity (Wildman–Crippen MR) is 80.7 cm³/mol. The molecule has 1 N–H and O–H groups in total. The van der Waals surface area contributed by atoms with Gasteiger partial charge < -0.3 is 9.88 Å². The lowest BCUT2D eigenvalue weighted by atomic mass is 10.3. The van der Waals surface area contributed by atoms with Crippen LogP contribution >= 0.6 is 11.8 Å². The van der Waals surface area contributed by atoms with Crippen molar-refractivity contribution in [3.63, 3.8) is 0 Å². The number of hydrogen-bond acceptors (Lipinski definition) is 4. The molecule has 2 aromatic rings. The molecule has 0 radical (unpaired) electrons. The topological polar surface area (TPSA) is 59.8 Å². The van der Waals surface area contributed by atoms with Crippen LogP contribution in [0.4, 0.5) is 14.5 Å². The number of benzene rings is 1. The third kappa shape index (κ3) is 3.82. The largest absolute Gasteiger partial charge is 0.323 e. The van der Waals surface area contributed by atoms with E-state index in [4.69, 9.17) is 0 Å². The van der Waals surface area contributed by atoms with E-state index in [0.29, 0.717) is 5.16 Å². The molecule has 8 heteroatoms. The van der Waals surface area contributed by atoms with Gasteiger partial charge in [0, 0.05) is 12.1 Å². The van der Waals surface area contributed by atoms with Crippen molar-refractivity contribution in [2.45, 2.75) is 37.2 Å². The van der Waals surface area contributed by atoms with E-state index >= 15 is 0 Å². The molecule has 0 saturated carbocycles. The molecule has 0 fully saturated rings. The average molecular weight is 326 g/mol. The maximum absolute atomic E-state index is 13.5. The Hall–Kier alpha value is -1.96. The lowest BCUT2D eigenvalue weighted by molar-refractivity contribution is -0.115. The van der Waals surface area contributed by atoms with E-state index in [9.17, 15) is 13.6 Å². The molecule has 0 aliphatic carbocycles. The van der Waals surface area contributed by atoms with E-state index < -0.39 is 22.8 Å². The summed E-state index contributed by atoms with van der Waals surface area (Å²) in [6.07, 6.45) is 1.59. The fraction of sp³-hybridized carbons (Fsp3) is 0.357. The number of halogens is 2. The normalized spacial score (nSPS) is 12.5. The standard InChI is InChI=1S/C14H16F2N4OS/c1-8(2)20-7-17-19-14(20)22-9(3)13(21)18-12-6-10(15)4-5-11(12)16/h4-9H,1-3H3,(H,18,21)/t9-/m1/s1. The van der Waals surface area contributed by atoms with Gasteiger partial charge >= 0.3 is 0 Å². The molecule has 1 amide bonds. The van der Waals surface area contributed by atoms with Gasteiger partial charge in [-0.2, -0.15) is 0 Å². The second kappa shape index (κ2) is 6.87. The fourth-order valence-corrected chi connectivity index (χ4v) is 2.67. The van der Waals surface area contributed by atoms with Gasteiger partial charge in [-0.15, -0.1) is 10.2 Å². The number of anilines is 1. The lowest BCUT2D eigenvalue weighted by Gasteiger charge is -2.14. The molecule has 0 aliphatic rings. The van der Waals surface area contributed by atoms with E-state index in [1.165, 1.54) is 11.8 Å². The van der Waals surface area contributed by atoms with Gasteiger partial charge in [-0.05, 0) is 32.9 Å². The van der Waals surface area contributed by atoms with Crippen LogP contribution in [0.15, 0.2) is 29.7 Å². The van der Waals surface area contributed by atoms with Crippen LogP contribution in [0, 0.1) is 11.6 Å². The molecule has 118 valence electrons. The molecule has 0 bridgehead atoms. The molecule has 1 aromatic carbocycles. The second-order valence-corrected chi connectivity index (χ2v) is 6.30. The number of thioether (sulfide) groups is 1. The molecule has 1 aromatic heterocycles. The number of carbonyl (C=O) groups excluding carboxylic acids is 1. The first-order valence-electron chi connectivity index (χ1n) is 6.70. The highest BCUT2D eigenvalue weighted by Gasteiger charge is 2.20. The van der Waals surface area contributed by atoms with Gasteiger partial charge in [0.1, 0.15) is 18.0 Å². The number of amides is 1. The Balaban J connectivity index is 2.06. The first-order chi connectivity index (χ1) is 10.4. The summed E-state index contributed by atoms with van der Waals surface area (Å²) >= 11 is 1.20. The van der Waals surface area contributed by atoms with Crippen LogP contribution in [0.5, 0.6) is 0 Å². The molecule has 2 rings (SSSR count). The SMILES string of the molecule is CC(C)n1cnnc1S[C@H](C)C(=O)Nc1cc(F)ccc1F. The number of rotatable bonds is 5. The zero-order valence-corrected chi connectivity index (χ0v) is 13.2. The van der Waals surface area contributed by atoms with Crippen molar-refractivity contribution in [1.29, 1.82) is 0 Å². The van der Waals surface area contributed by atoms with Gasteiger partial charge in [0.15, 0.2) is 5.16 Å². The summed E-state index contributed by atoms with van der Waals surface area (Å²) in [5.74, 6) is -1.73. The van der Waals surface area contributed by atoms with Crippen molar-refractivity contribution in [3.05, 3.63) is 36.2 Å². The van der Waals surface area contributed by atoms with Crippen molar-refractivity contribution >= 4 is 23.4 Å². The summed E-state index contributed by atoms with van der Waals surface area (Å²) in [5, 5.41) is 10.2. The Morgan fingerprint density at radius 1 is 1.32 bits per heavy atom. The van der Waals surface area contributed by atoms with Crippen molar-refractivity contribution in [3.8, 4) is 0 Å². The number of nitrogens with zero attached hydrogens (tertiary/aromatic N) is 3. The van der Waals surface area contributed by atoms with Gasteiger partial charge in [-0.3, -0.25) is 4.79 Å². The monoisotopic (exact) mass is 326 g/mol. The first-order valence-corrected chi connectivity index (χ1v) is 7.58. The molecule has 0 spiro atoms. The number of carbonyl (C=O) groups is 1. The summed E-state index contributed by atoms with van der Waals surface area (Å²) in [4.78, 5) is 12.1. The molecule has 1 atom stereocenters. The Labute approximate surface area is 131 Å². The fourth-order valence-electron chi connectivity index (χ4n) is 1.71. The average Bonchev–Trinajstić information content (AvgIpc) is 2.91. The zero-order chi connectivity index (χ0) is 16.3. The maximum atomic E-state index is 13.5. The summed E-state index contributed by atoms with van der Waals surface area (Å²) < 4.78 is 28.5. The van der Waals surface area contributed by atoms with Crippen molar-refractivity contribution < 1.29 is 13.6 Å². The summed E-state index contributed by atoms with van der Waals surface area (Å²) in [5.41, 5.74) is -0.178. The third-order valence-corrected chi connectivity index (χ3v) is 4.01. The highest BCUT2D eigenvalue weighted by Crippen LogP contribution is 2.25. The smallest absolute Gasteiger partial charge is 0.237 e. The van der Waals surface area contributed by atoms with Crippen LogP contribution in [-0.2, 0) is 4.79 Å². The predicted octanol–water partition coefficient (Wildman–Crippen LogP) is 3.26. The van der Waals surface area contributed by atoms with Crippen molar-refractivity contribution in [2.75, 3.05) is 5.32 Å². The molecular weight excluding hydrogens is 310 g/mol. The molecule has 0 aliphatic heterocycles. The summed E-state index contributed by atoms with van der Waals surface area (Å²) in [7, 11) is 0. The summed E-state index contributed by atoms with van der Waals surface area (Å²) in [6, 6.07) is 3.07. The second-order valence-electron chi connectivity index (χ2n) is 4.99. The van der Waals surface area contributed by atoms with Crippen LogP contribution in [0.25, 0.3) is 0 Å². The van der Waals surface area contributed by atoms with Crippen LogP contribution in [0.3, 0.4) is 0 Å². The van der Waals surface area contributed by atoms with Gasteiger partial charge in [0.2, 0.25) is 5.91 Å². The van der Waals surface area contributed by atoms with Crippen LogP contribution in [-0.4, -0.2) is 25.9 Å². The molecular formula is C14H16F2N4OS. The molecule has 0 saturated heterocycles. The zero-order valence-electron chi connectivity index (χ0n) is 12.4. The van der Waals surface area contributed by atoms with Gasteiger partial charge in [-0.25, -0.2) is 8.78 Å². The van der Waals surface area contributed by atoms with Crippen LogP contribution in [0.2, 0.25) is 0 Å². The van der Waals surface area contributed by atoms with Gasteiger partial charge in [0.25, 0.3) is 0 Å². The van der Waals surface area contributed by atoms with E-state index in [2.05, 4.69) is 15.5 Å². The quantitative estimate of drug-likeness (QED) is 0.857. The van der Waals surface area contributed by atoms with E-state index in [1.54, 1.807) is 13.3 Å². The number of aromatic nitrogens is 3. The van der Waals surface area contributed by atoms with Crippen molar-refractivity contribution in [2.24, 2.45) is 0 Å². The minimum absolute atomic E-state index is 0.161. The Kier molecular flexibility index (Phi) is 5.12. The molecule has 22 heavy (non-hydrogen) atoms.